The lowest BCUT2D eigenvalue weighted by Gasteiger charge is -2.43. The summed E-state index contributed by atoms with van der Waals surface area (Å²) in [7, 11) is -3.88. The highest BCUT2D eigenvalue weighted by atomic mass is 35.5. The van der Waals surface area contributed by atoms with E-state index in [1.165, 1.54) is 0 Å². The lowest BCUT2D eigenvalue weighted by Crippen LogP contribution is -2.57. The maximum atomic E-state index is 14.3. The summed E-state index contributed by atoms with van der Waals surface area (Å²) < 4.78 is 52.2. The first kappa shape index (κ1) is 33.6. The van der Waals surface area contributed by atoms with Crippen LogP contribution in [-0.4, -0.2) is 58.6 Å². The van der Waals surface area contributed by atoms with Crippen molar-refractivity contribution in [2.24, 2.45) is 0 Å². The quantitative estimate of drug-likeness (QED) is 0.132. The number of rotatable bonds is 16. The fourth-order valence-corrected chi connectivity index (χ4v) is 6.22. The van der Waals surface area contributed by atoms with E-state index in [-0.39, 0.29) is 43.9 Å². The number of halogens is 3. The van der Waals surface area contributed by atoms with Crippen molar-refractivity contribution in [2.45, 2.75) is 65.0 Å². The molecule has 0 saturated carbocycles. The summed E-state index contributed by atoms with van der Waals surface area (Å²) in [6, 6.07) is 9.26. The third kappa shape index (κ3) is 8.93. The molecule has 1 N–H and O–H groups in total. The number of nitrogens with zero attached hydrogens (tertiary/aromatic N) is 1. The number of carbonyl (C=O) groups excluding carboxylic acids is 2. The molecule has 2 aromatic rings. The standard InChI is InChI=1S/C28H35ClF2NO7P/c1-5-38-40(37,39-6-2)18-24(34)32(22(27(35)36)17-19-11-8-7-9-12-19)28(3,4)16-10-13-23(33)25-21(30)15-14-20(29)26(25)31/h7-9,11-12,14-15,22H,5-6,10,13,16-18H2,1-4H3,(H,35,36). The molecule has 0 aliphatic rings. The smallest absolute Gasteiger partial charge is 0.340 e. The van der Waals surface area contributed by atoms with Gasteiger partial charge in [-0.25, -0.2) is 13.6 Å². The first-order chi connectivity index (χ1) is 18.8. The van der Waals surface area contributed by atoms with E-state index in [9.17, 15) is 32.8 Å². The van der Waals surface area contributed by atoms with Crippen LogP contribution in [0.2, 0.25) is 5.02 Å². The fraction of sp³-hybridized carbons (Fsp3) is 0.464. The molecule has 8 nitrogen and oxygen atoms in total. The van der Waals surface area contributed by atoms with Crippen LogP contribution in [0, 0.1) is 11.6 Å². The Labute approximate surface area is 238 Å². The van der Waals surface area contributed by atoms with Crippen LogP contribution in [0.3, 0.4) is 0 Å². The third-order valence-corrected chi connectivity index (χ3v) is 8.54. The zero-order valence-electron chi connectivity index (χ0n) is 23.0. The van der Waals surface area contributed by atoms with Gasteiger partial charge >= 0.3 is 13.6 Å². The minimum absolute atomic E-state index is 0.0130. The van der Waals surface area contributed by atoms with Crippen LogP contribution in [0.1, 0.15) is 62.9 Å². The summed E-state index contributed by atoms with van der Waals surface area (Å²) in [6.07, 6.45) is -0.870. The second-order valence-corrected chi connectivity index (χ2v) is 12.2. The van der Waals surface area contributed by atoms with Crippen LogP contribution in [-0.2, 0) is 29.6 Å². The Hall–Kier alpha value is -2.65. The lowest BCUT2D eigenvalue weighted by atomic mass is 9.90. The molecule has 0 aromatic heterocycles. The predicted octanol–water partition coefficient (Wildman–Crippen LogP) is 6.54. The second-order valence-electron chi connectivity index (χ2n) is 9.72. The average molecular weight is 602 g/mol. The Balaban J connectivity index is 2.37. The van der Waals surface area contributed by atoms with E-state index in [0.717, 1.165) is 17.0 Å². The van der Waals surface area contributed by atoms with Gasteiger partial charge in [0.05, 0.1) is 23.8 Å². The molecule has 12 heteroatoms. The van der Waals surface area contributed by atoms with Gasteiger partial charge in [0.25, 0.3) is 0 Å². The summed E-state index contributed by atoms with van der Waals surface area (Å²) in [5.74, 6) is -5.06. The van der Waals surface area contributed by atoms with Crippen molar-refractivity contribution in [1.82, 2.24) is 4.90 Å². The SMILES string of the molecule is CCOP(=O)(CC(=O)N(C(Cc1ccccc1)C(=O)O)C(C)(C)CCCC(=O)c1c(F)ccc(Cl)c1F)OCC. The monoisotopic (exact) mass is 601 g/mol. The molecule has 0 saturated heterocycles. The second kappa shape index (κ2) is 14.8. The van der Waals surface area contributed by atoms with Crippen LogP contribution >= 0.6 is 19.2 Å². The highest BCUT2D eigenvalue weighted by Crippen LogP contribution is 2.48. The van der Waals surface area contributed by atoms with Crippen molar-refractivity contribution >= 4 is 36.9 Å². The van der Waals surface area contributed by atoms with E-state index in [2.05, 4.69) is 0 Å². The normalized spacial score (nSPS) is 12.7. The zero-order chi connectivity index (χ0) is 30.1. The molecule has 1 unspecified atom stereocenters. The Morgan fingerprint density at radius 2 is 1.65 bits per heavy atom. The van der Waals surface area contributed by atoms with Gasteiger partial charge in [0, 0.05) is 18.4 Å². The molecular weight excluding hydrogens is 567 g/mol. The minimum atomic E-state index is -3.88. The summed E-state index contributed by atoms with van der Waals surface area (Å²) >= 11 is 5.70. The van der Waals surface area contributed by atoms with Gasteiger partial charge < -0.3 is 19.1 Å². The number of ketones is 1. The first-order valence-corrected chi connectivity index (χ1v) is 15.0. The number of hydrogen-bond acceptors (Lipinski definition) is 6. The summed E-state index contributed by atoms with van der Waals surface area (Å²) in [5, 5.41) is 9.81. The van der Waals surface area contributed by atoms with Gasteiger partial charge in [-0.3, -0.25) is 14.2 Å². The van der Waals surface area contributed by atoms with Gasteiger partial charge in [-0.1, -0.05) is 41.9 Å². The highest BCUT2D eigenvalue weighted by molar-refractivity contribution is 7.54. The number of carbonyl (C=O) groups is 3. The van der Waals surface area contributed by atoms with Crippen molar-refractivity contribution < 1.29 is 41.9 Å². The van der Waals surface area contributed by atoms with Crippen molar-refractivity contribution in [3.63, 3.8) is 0 Å². The van der Waals surface area contributed by atoms with Gasteiger partial charge in [-0.05, 0) is 58.2 Å². The molecule has 2 aromatic carbocycles. The number of amides is 1. The number of benzene rings is 2. The van der Waals surface area contributed by atoms with Crippen LogP contribution in [0.4, 0.5) is 8.78 Å². The minimum Gasteiger partial charge on any atom is -0.480 e. The Morgan fingerprint density at radius 3 is 2.20 bits per heavy atom. The predicted molar refractivity (Wildman–Crippen MR) is 148 cm³/mol. The van der Waals surface area contributed by atoms with Crippen molar-refractivity contribution in [3.05, 3.63) is 70.2 Å². The van der Waals surface area contributed by atoms with Crippen molar-refractivity contribution in [1.29, 1.82) is 0 Å². The van der Waals surface area contributed by atoms with Crippen LogP contribution in [0.5, 0.6) is 0 Å². The first-order valence-electron chi connectivity index (χ1n) is 12.9. The van der Waals surface area contributed by atoms with Crippen molar-refractivity contribution in [3.8, 4) is 0 Å². The third-order valence-electron chi connectivity index (χ3n) is 6.29. The molecule has 1 atom stereocenters. The van der Waals surface area contributed by atoms with E-state index in [1.807, 2.05) is 0 Å². The molecule has 2 rings (SSSR count). The Bertz CT molecular complexity index is 1230. The molecule has 40 heavy (non-hydrogen) atoms. The number of aliphatic carboxylic acids is 1. The zero-order valence-corrected chi connectivity index (χ0v) is 24.6. The van der Waals surface area contributed by atoms with Crippen LogP contribution in [0.15, 0.2) is 42.5 Å². The molecule has 0 spiro atoms. The van der Waals surface area contributed by atoms with E-state index in [4.69, 9.17) is 20.6 Å². The highest BCUT2D eigenvalue weighted by Gasteiger charge is 2.42. The molecule has 1 amide bonds. The van der Waals surface area contributed by atoms with Crippen LogP contribution in [0.25, 0.3) is 0 Å². The molecule has 0 fully saturated rings. The van der Waals surface area contributed by atoms with Gasteiger partial charge in [0.1, 0.15) is 18.0 Å². The summed E-state index contributed by atoms with van der Waals surface area (Å²) in [6.45, 7) is 6.44. The molecule has 0 aliphatic carbocycles. The van der Waals surface area contributed by atoms with Gasteiger partial charge in [-0.15, -0.1) is 0 Å². The van der Waals surface area contributed by atoms with E-state index < -0.39 is 60.2 Å². The number of carboxylic acids is 1. The molecular formula is C28H35ClF2NO7P. The Morgan fingerprint density at radius 1 is 1.05 bits per heavy atom. The average Bonchev–Trinajstić information content (AvgIpc) is 2.86. The number of carboxylic acid groups (broad SMARTS) is 1. The number of Topliss-reactive ketones (excluding diaryl/α,β-unsaturated/α-hetero) is 1. The summed E-state index contributed by atoms with van der Waals surface area (Å²) in [4.78, 5) is 40.0. The maximum Gasteiger partial charge on any atom is 0.340 e. The van der Waals surface area contributed by atoms with Gasteiger partial charge in [0.2, 0.25) is 5.91 Å². The maximum absolute atomic E-state index is 14.3. The topological polar surface area (TPSA) is 110 Å². The van der Waals surface area contributed by atoms with E-state index in [1.54, 1.807) is 58.0 Å². The fourth-order valence-electron chi connectivity index (χ4n) is 4.53. The van der Waals surface area contributed by atoms with Gasteiger partial charge in [-0.2, -0.15) is 0 Å². The Kier molecular flexibility index (Phi) is 12.4. The molecule has 0 heterocycles. The largest absolute Gasteiger partial charge is 0.480 e. The molecule has 0 aliphatic heterocycles. The number of hydrogen-bond donors (Lipinski definition) is 1. The van der Waals surface area contributed by atoms with E-state index in [0.29, 0.717) is 5.56 Å². The molecule has 0 radical (unpaired) electrons. The molecule has 220 valence electrons. The van der Waals surface area contributed by atoms with Crippen LogP contribution < -0.4 is 0 Å². The van der Waals surface area contributed by atoms with Crippen molar-refractivity contribution in [2.75, 3.05) is 19.4 Å². The summed E-state index contributed by atoms with van der Waals surface area (Å²) in [5.41, 5.74) is -1.28. The lowest BCUT2D eigenvalue weighted by molar-refractivity contribution is -0.154. The molecule has 0 bridgehead atoms. The van der Waals surface area contributed by atoms with Gasteiger partial charge in [0.15, 0.2) is 11.6 Å². The van der Waals surface area contributed by atoms with E-state index >= 15 is 0 Å².